The van der Waals surface area contributed by atoms with Crippen LogP contribution in [0.25, 0.3) is 0 Å². The van der Waals surface area contributed by atoms with Crippen molar-refractivity contribution in [2.24, 2.45) is 5.92 Å². The van der Waals surface area contributed by atoms with Crippen LogP contribution in [-0.2, 0) is 9.53 Å². The van der Waals surface area contributed by atoms with E-state index in [0.29, 0.717) is 16.6 Å². The minimum atomic E-state index is -1.08. The molecule has 4 rings (SSSR count). The molecule has 2 heterocycles. The third-order valence-corrected chi connectivity index (χ3v) is 5.62. The van der Waals surface area contributed by atoms with Gasteiger partial charge in [0.1, 0.15) is 24.0 Å². The van der Waals surface area contributed by atoms with Crippen molar-refractivity contribution in [2.45, 2.75) is 18.7 Å². The van der Waals surface area contributed by atoms with E-state index in [-0.39, 0.29) is 12.6 Å². The molecule has 3 atom stereocenters. The summed E-state index contributed by atoms with van der Waals surface area (Å²) in [7, 11) is 1.60. The number of hydrogen-bond acceptors (Lipinski definition) is 5. The summed E-state index contributed by atoms with van der Waals surface area (Å²) in [5, 5.41) is 3.81. The Kier molecular flexibility index (Phi) is 4.92. The summed E-state index contributed by atoms with van der Waals surface area (Å²) in [6.07, 6.45) is 1.55. The number of nitrogens with zero attached hydrogens (tertiary/aromatic N) is 1. The van der Waals surface area contributed by atoms with Gasteiger partial charge in [-0.05, 0) is 49.5 Å². The Bertz CT molecular complexity index is 965. The lowest BCUT2D eigenvalue weighted by molar-refractivity contribution is -0.159. The molecule has 1 N–H and O–H groups in total. The van der Waals surface area contributed by atoms with E-state index in [0.717, 1.165) is 11.3 Å². The highest BCUT2D eigenvalue weighted by Gasteiger charge is 2.59. The van der Waals surface area contributed by atoms with Gasteiger partial charge in [0, 0.05) is 11.3 Å². The van der Waals surface area contributed by atoms with E-state index in [2.05, 4.69) is 11.9 Å². The fraction of sp³-hybridized carbons (Fsp3) is 0.273. The van der Waals surface area contributed by atoms with Crippen molar-refractivity contribution in [3.63, 3.8) is 0 Å². The summed E-state index contributed by atoms with van der Waals surface area (Å²) >= 11 is 5.69. The first-order valence-corrected chi connectivity index (χ1v) is 9.70. The molecule has 29 heavy (non-hydrogen) atoms. The van der Waals surface area contributed by atoms with Crippen molar-refractivity contribution in [1.82, 2.24) is 5.32 Å². The molecule has 7 heteroatoms. The number of carbonyl (C=O) groups excluding carboxylic acids is 1. The van der Waals surface area contributed by atoms with Gasteiger partial charge in [0.25, 0.3) is 0 Å². The predicted octanol–water partition coefficient (Wildman–Crippen LogP) is 3.59. The number of anilines is 1. The van der Waals surface area contributed by atoms with E-state index in [1.54, 1.807) is 13.2 Å². The number of carbonyl (C=O) groups is 1. The molecule has 0 aliphatic carbocycles. The van der Waals surface area contributed by atoms with Crippen molar-refractivity contribution < 1.29 is 19.0 Å². The van der Waals surface area contributed by atoms with Gasteiger partial charge in [-0.2, -0.15) is 0 Å². The van der Waals surface area contributed by atoms with Crippen molar-refractivity contribution in [2.75, 3.05) is 18.6 Å². The number of ether oxygens (including phenoxy) is 3. The molecule has 0 saturated carbocycles. The van der Waals surface area contributed by atoms with Crippen LogP contribution < -0.4 is 19.7 Å². The van der Waals surface area contributed by atoms with Gasteiger partial charge >= 0.3 is 5.97 Å². The molecule has 0 spiro atoms. The quantitative estimate of drug-likeness (QED) is 0.459. The molecule has 1 saturated heterocycles. The normalized spacial score (nSPS) is 24.6. The molecule has 2 bridgehead atoms. The summed E-state index contributed by atoms with van der Waals surface area (Å²) in [5.74, 6) is 0.283. The van der Waals surface area contributed by atoms with Gasteiger partial charge in [-0.25, -0.2) is 0 Å². The molecule has 2 aromatic rings. The summed E-state index contributed by atoms with van der Waals surface area (Å²) in [5.41, 5.74) is 0.552. The molecule has 6 nitrogen and oxygen atoms in total. The van der Waals surface area contributed by atoms with Crippen LogP contribution in [0.5, 0.6) is 11.5 Å². The molecule has 2 aliphatic rings. The molecular formula is C22H22N2O4S. The van der Waals surface area contributed by atoms with Crippen LogP contribution in [0.4, 0.5) is 5.69 Å². The zero-order valence-electron chi connectivity index (χ0n) is 16.3. The van der Waals surface area contributed by atoms with Crippen LogP contribution >= 0.6 is 12.2 Å². The van der Waals surface area contributed by atoms with Crippen LogP contribution in [0.2, 0.25) is 0 Å². The molecule has 2 aliphatic heterocycles. The van der Waals surface area contributed by atoms with E-state index in [1.165, 1.54) is 0 Å². The lowest BCUT2D eigenvalue weighted by atomic mass is 9.79. The Labute approximate surface area is 175 Å². The number of methoxy groups -OCH3 is 1. The minimum Gasteiger partial charge on any atom is -0.497 e. The average Bonchev–Trinajstić information content (AvgIpc) is 2.72. The van der Waals surface area contributed by atoms with Crippen LogP contribution in [0.1, 0.15) is 18.5 Å². The van der Waals surface area contributed by atoms with Gasteiger partial charge in [0.05, 0.1) is 13.2 Å². The zero-order valence-corrected chi connectivity index (χ0v) is 17.1. The third-order valence-electron chi connectivity index (χ3n) is 5.32. The molecule has 1 fully saturated rings. The van der Waals surface area contributed by atoms with Crippen molar-refractivity contribution >= 4 is 29.0 Å². The number of hydrogen-bond donors (Lipinski definition) is 1. The van der Waals surface area contributed by atoms with Crippen LogP contribution in [0.3, 0.4) is 0 Å². The number of thiocarbonyl (C=S) groups is 1. The molecule has 2 aromatic carbocycles. The predicted molar refractivity (Wildman–Crippen MR) is 114 cm³/mol. The van der Waals surface area contributed by atoms with Gasteiger partial charge in [-0.3, -0.25) is 9.69 Å². The molecule has 0 unspecified atom stereocenters. The first-order valence-electron chi connectivity index (χ1n) is 9.30. The number of nitrogens with one attached hydrogen (secondary N) is 1. The van der Waals surface area contributed by atoms with Crippen LogP contribution in [0, 0.1) is 5.92 Å². The smallest absolute Gasteiger partial charge is 0.317 e. The Balaban J connectivity index is 1.87. The van der Waals surface area contributed by atoms with Gasteiger partial charge in [0.2, 0.25) is 5.72 Å². The first kappa shape index (κ1) is 19.3. The lowest BCUT2D eigenvalue weighted by Gasteiger charge is -2.55. The zero-order chi connectivity index (χ0) is 20.6. The molecule has 0 radical (unpaired) electrons. The second-order valence-electron chi connectivity index (χ2n) is 7.05. The highest BCUT2D eigenvalue weighted by atomic mass is 32.1. The number of fused-ring (bicyclic) bond motifs is 4. The fourth-order valence-corrected chi connectivity index (χ4v) is 4.46. The maximum atomic E-state index is 13.1. The van der Waals surface area contributed by atoms with E-state index < -0.39 is 17.7 Å². The highest BCUT2D eigenvalue weighted by Crippen LogP contribution is 2.50. The standard InChI is InChI=1S/C22H22N2O4S/c1-4-12-27-20(25)18-19-16-13-15(26-3)10-11-17(16)28-22(18,2)24(21(29)23-19)14-8-6-5-7-9-14/h4-11,13,18-19H,1,12H2,2-3H3,(H,23,29)/t18-,19+,22-/m0/s1. The maximum absolute atomic E-state index is 13.1. The summed E-state index contributed by atoms with van der Waals surface area (Å²) in [6, 6.07) is 14.7. The largest absolute Gasteiger partial charge is 0.497 e. The van der Waals surface area contributed by atoms with Gasteiger partial charge in [-0.15, -0.1) is 0 Å². The lowest BCUT2D eigenvalue weighted by Crippen LogP contribution is -2.71. The number of esters is 1. The molecule has 0 amide bonds. The second kappa shape index (κ2) is 7.40. The van der Waals surface area contributed by atoms with E-state index in [4.69, 9.17) is 26.4 Å². The molecular weight excluding hydrogens is 388 g/mol. The van der Waals surface area contributed by atoms with Crippen molar-refractivity contribution in [3.8, 4) is 11.5 Å². The summed E-state index contributed by atoms with van der Waals surface area (Å²) in [4.78, 5) is 15.0. The van der Waals surface area contributed by atoms with Gasteiger partial charge in [0.15, 0.2) is 5.11 Å². The van der Waals surface area contributed by atoms with E-state index in [1.807, 2.05) is 60.4 Å². The fourth-order valence-electron chi connectivity index (χ4n) is 4.05. The van der Waals surface area contributed by atoms with Crippen molar-refractivity contribution in [3.05, 3.63) is 66.7 Å². The average molecular weight is 410 g/mol. The van der Waals surface area contributed by atoms with Gasteiger partial charge in [-0.1, -0.05) is 30.9 Å². The molecule has 150 valence electrons. The summed E-state index contributed by atoms with van der Waals surface area (Å²) in [6.45, 7) is 5.62. The Hall–Kier alpha value is -3.06. The third kappa shape index (κ3) is 3.11. The SMILES string of the molecule is C=CCOC(=O)[C@@H]1[C@@H]2NC(=S)N(c3ccccc3)[C@@]1(C)Oc1ccc(OC)cc12. The number of benzene rings is 2. The van der Waals surface area contributed by atoms with E-state index in [9.17, 15) is 4.79 Å². The number of rotatable bonds is 5. The maximum Gasteiger partial charge on any atom is 0.317 e. The van der Waals surface area contributed by atoms with Crippen molar-refractivity contribution in [1.29, 1.82) is 0 Å². The second-order valence-corrected chi connectivity index (χ2v) is 7.44. The Morgan fingerprint density at radius 2 is 2.10 bits per heavy atom. The molecule has 0 aromatic heterocycles. The highest BCUT2D eigenvalue weighted by molar-refractivity contribution is 7.80. The topological polar surface area (TPSA) is 60.0 Å². The Morgan fingerprint density at radius 1 is 1.34 bits per heavy atom. The summed E-state index contributed by atoms with van der Waals surface area (Å²) < 4.78 is 17.3. The first-order chi connectivity index (χ1) is 14.0. The van der Waals surface area contributed by atoms with Crippen LogP contribution in [0.15, 0.2) is 61.2 Å². The Morgan fingerprint density at radius 3 is 2.79 bits per heavy atom. The van der Waals surface area contributed by atoms with Gasteiger partial charge < -0.3 is 19.5 Å². The number of para-hydroxylation sites is 1. The van der Waals surface area contributed by atoms with Crippen LogP contribution in [-0.4, -0.2) is 30.5 Å². The monoisotopic (exact) mass is 410 g/mol. The van der Waals surface area contributed by atoms with E-state index >= 15 is 0 Å². The minimum absolute atomic E-state index is 0.124.